The largest absolute Gasteiger partial charge is 0.497 e. The summed E-state index contributed by atoms with van der Waals surface area (Å²) < 4.78 is 66.1. The molecule has 39 heavy (non-hydrogen) atoms. The maximum Gasteiger partial charge on any atom is 0.321 e. The Morgan fingerprint density at radius 1 is 0.692 bits per heavy atom. The predicted molar refractivity (Wildman–Crippen MR) is 144 cm³/mol. The number of esters is 1. The van der Waals surface area contributed by atoms with Crippen molar-refractivity contribution in [1.29, 1.82) is 0 Å². The van der Waals surface area contributed by atoms with Crippen LogP contribution in [0.15, 0.2) is 34.1 Å². The highest BCUT2D eigenvalue weighted by molar-refractivity contribution is 7.89. The van der Waals surface area contributed by atoms with Crippen LogP contribution in [0.2, 0.25) is 0 Å². The lowest BCUT2D eigenvalue weighted by Crippen LogP contribution is -2.33. The summed E-state index contributed by atoms with van der Waals surface area (Å²) in [5.41, 5.74) is 2.18. The van der Waals surface area contributed by atoms with Gasteiger partial charge in [-0.25, -0.2) is 16.8 Å². The molecule has 14 heteroatoms. The molecule has 2 aromatic rings. The molecule has 0 unspecified atom stereocenters. The summed E-state index contributed by atoms with van der Waals surface area (Å²) in [6, 6.07) is 6.50. The van der Waals surface area contributed by atoms with Crippen LogP contribution in [0.1, 0.15) is 22.3 Å². The SMILES string of the molecule is COC(=O)CN(C)S(=O)(=O)c1c(C)cc(OC)cc1C.COc1cc(C)c(S(=O)(=O)N(C)CC(=O)O)c(C)c1. The molecule has 0 atom stereocenters. The molecule has 1 N–H and O–H groups in total. The number of nitrogens with zero attached hydrogens (tertiary/aromatic N) is 2. The average molecular weight is 589 g/mol. The number of carboxylic acids is 1. The van der Waals surface area contributed by atoms with Gasteiger partial charge in [-0.15, -0.1) is 0 Å². The van der Waals surface area contributed by atoms with Crippen molar-refractivity contribution >= 4 is 32.0 Å². The maximum atomic E-state index is 12.5. The molecule has 0 aliphatic heterocycles. The van der Waals surface area contributed by atoms with Gasteiger partial charge in [0.1, 0.15) is 24.6 Å². The van der Waals surface area contributed by atoms with E-state index < -0.39 is 38.5 Å². The molecule has 0 saturated heterocycles. The smallest absolute Gasteiger partial charge is 0.321 e. The Kier molecular flexibility index (Phi) is 11.9. The van der Waals surface area contributed by atoms with Crippen LogP contribution >= 0.6 is 0 Å². The molecule has 0 aromatic heterocycles. The number of aryl methyl sites for hydroxylation is 4. The molecular weight excluding hydrogens is 552 g/mol. The van der Waals surface area contributed by atoms with Gasteiger partial charge in [-0.2, -0.15) is 8.61 Å². The van der Waals surface area contributed by atoms with Gasteiger partial charge in [-0.3, -0.25) is 9.59 Å². The van der Waals surface area contributed by atoms with Crippen molar-refractivity contribution in [2.75, 3.05) is 48.5 Å². The van der Waals surface area contributed by atoms with E-state index in [-0.39, 0.29) is 16.3 Å². The first-order valence-electron chi connectivity index (χ1n) is 11.5. The van der Waals surface area contributed by atoms with E-state index in [0.717, 1.165) is 8.61 Å². The summed E-state index contributed by atoms with van der Waals surface area (Å²) >= 11 is 0. The lowest BCUT2D eigenvalue weighted by atomic mass is 10.1. The molecule has 2 aromatic carbocycles. The van der Waals surface area contributed by atoms with E-state index in [9.17, 15) is 26.4 Å². The molecular formula is C25H36N2O10S2. The van der Waals surface area contributed by atoms with Gasteiger partial charge in [0, 0.05) is 14.1 Å². The lowest BCUT2D eigenvalue weighted by Gasteiger charge is -2.19. The summed E-state index contributed by atoms with van der Waals surface area (Å²) in [4.78, 5) is 22.2. The fourth-order valence-corrected chi connectivity index (χ4v) is 6.83. The van der Waals surface area contributed by atoms with Crippen LogP contribution in [0.4, 0.5) is 0 Å². The number of aliphatic carboxylic acids is 1. The first-order valence-corrected chi connectivity index (χ1v) is 14.3. The Morgan fingerprint density at radius 3 is 1.26 bits per heavy atom. The molecule has 0 aliphatic rings. The Labute approximate surface area is 230 Å². The minimum atomic E-state index is -3.82. The number of likely N-dealkylation sites (N-methyl/N-ethyl adjacent to an activating group) is 2. The van der Waals surface area contributed by atoms with E-state index >= 15 is 0 Å². The van der Waals surface area contributed by atoms with Crippen LogP contribution in [0, 0.1) is 27.7 Å². The highest BCUT2D eigenvalue weighted by atomic mass is 32.2. The van der Waals surface area contributed by atoms with Gasteiger partial charge in [0.25, 0.3) is 0 Å². The number of rotatable bonds is 10. The normalized spacial score (nSPS) is 11.6. The van der Waals surface area contributed by atoms with Gasteiger partial charge in [-0.05, 0) is 74.2 Å². The van der Waals surface area contributed by atoms with E-state index in [1.54, 1.807) is 52.0 Å². The van der Waals surface area contributed by atoms with Gasteiger partial charge in [0.2, 0.25) is 20.0 Å². The number of ether oxygens (including phenoxy) is 3. The number of methoxy groups -OCH3 is 3. The number of hydrogen-bond acceptors (Lipinski definition) is 9. The van der Waals surface area contributed by atoms with Gasteiger partial charge >= 0.3 is 11.9 Å². The Hall–Kier alpha value is -3.20. The zero-order valence-corrected chi connectivity index (χ0v) is 25.2. The van der Waals surface area contributed by atoms with E-state index in [1.807, 2.05) is 0 Å². The zero-order valence-electron chi connectivity index (χ0n) is 23.6. The number of carboxylic acid groups (broad SMARTS) is 1. The van der Waals surface area contributed by atoms with Gasteiger partial charge in [0.05, 0.1) is 31.1 Å². The monoisotopic (exact) mass is 588 g/mol. The molecule has 0 spiro atoms. The third-order valence-electron chi connectivity index (χ3n) is 5.61. The maximum absolute atomic E-state index is 12.5. The van der Waals surface area contributed by atoms with E-state index in [4.69, 9.17) is 14.6 Å². The standard InChI is InChI=1S/C13H19NO5S.C12H17NO5S/c1-9-6-11(18-4)7-10(2)13(9)20(16,17)14(3)8-12(15)19-5;1-8-5-10(18-4)6-9(2)12(8)19(16,17)13(3)7-11(14)15/h6-7H,8H2,1-5H3;5-6H,7H2,1-4H3,(H,14,15). The second-order valence-corrected chi connectivity index (χ2v) is 12.6. The third kappa shape index (κ3) is 8.39. The molecule has 0 bridgehead atoms. The second kappa shape index (κ2) is 13.7. The molecule has 0 heterocycles. The van der Waals surface area contributed by atoms with Crippen molar-refractivity contribution in [3.05, 3.63) is 46.5 Å². The lowest BCUT2D eigenvalue weighted by molar-refractivity contribution is -0.140. The van der Waals surface area contributed by atoms with Crippen LogP contribution in [0.25, 0.3) is 0 Å². The molecule has 0 fully saturated rings. The summed E-state index contributed by atoms with van der Waals surface area (Å²) in [7, 11) is -0.758. The Balaban J connectivity index is 0.000000391. The minimum absolute atomic E-state index is 0.122. The van der Waals surface area contributed by atoms with Crippen LogP contribution in [-0.4, -0.2) is 91.0 Å². The number of carbonyl (C=O) groups is 2. The van der Waals surface area contributed by atoms with E-state index in [1.165, 1.54) is 35.4 Å². The van der Waals surface area contributed by atoms with Crippen molar-refractivity contribution in [2.24, 2.45) is 0 Å². The minimum Gasteiger partial charge on any atom is -0.497 e. The number of benzene rings is 2. The highest BCUT2D eigenvalue weighted by Crippen LogP contribution is 2.28. The van der Waals surface area contributed by atoms with Crippen LogP contribution in [0.5, 0.6) is 11.5 Å². The molecule has 0 amide bonds. The fourth-order valence-electron chi connectivity index (χ4n) is 3.79. The van der Waals surface area contributed by atoms with Crippen molar-refractivity contribution in [3.63, 3.8) is 0 Å². The Morgan fingerprint density at radius 2 is 1.00 bits per heavy atom. The highest BCUT2D eigenvalue weighted by Gasteiger charge is 2.28. The Bertz CT molecular complexity index is 1370. The fraction of sp³-hybridized carbons (Fsp3) is 0.440. The van der Waals surface area contributed by atoms with Crippen molar-refractivity contribution < 1.29 is 45.7 Å². The molecule has 12 nitrogen and oxygen atoms in total. The number of sulfonamides is 2. The summed E-state index contributed by atoms with van der Waals surface area (Å²) in [6.07, 6.45) is 0. The van der Waals surface area contributed by atoms with Gasteiger partial charge in [0.15, 0.2) is 0 Å². The molecule has 0 radical (unpaired) electrons. The first kappa shape index (κ1) is 33.8. The van der Waals surface area contributed by atoms with Crippen LogP contribution < -0.4 is 9.47 Å². The molecule has 2 rings (SSSR count). The van der Waals surface area contributed by atoms with Gasteiger partial charge < -0.3 is 19.3 Å². The van der Waals surface area contributed by atoms with E-state index in [2.05, 4.69) is 4.74 Å². The van der Waals surface area contributed by atoms with Crippen LogP contribution in [-0.2, 0) is 34.4 Å². The second-order valence-electron chi connectivity index (χ2n) is 8.67. The van der Waals surface area contributed by atoms with Crippen molar-refractivity contribution in [2.45, 2.75) is 37.5 Å². The van der Waals surface area contributed by atoms with E-state index in [0.29, 0.717) is 33.8 Å². The van der Waals surface area contributed by atoms with Crippen molar-refractivity contribution in [1.82, 2.24) is 8.61 Å². The van der Waals surface area contributed by atoms with Gasteiger partial charge in [-0.1, -0.05) is 0 Å². The predicted octanol–water partition coefficient (Wildman–Crippen LogP) is 2.12. The van der Waals surface area contributed by atoms with Crippen molar-refractivity contribution in [3.8, 4) is 11.5 Å². The number of hydrogen-bond donors (Lipinski definition) is 1. The quantitative estimate of drug-likeness (QED) is 0.408. The third-order valence-corrected chi connectivity index (χ3v) is 9.83. The summed E-state index contributed by atoms with van der Waals surface area (Å²) in [6.45, 7) is 5.77. The molecule has 0 saturated carbocycles. The summed E-state index contributed by atoms with van der Waals surface area (Å²) in [5, 5.41) is 8.69. The first-order chi connectivity index (χ1) is 17.9. The molecule has 0 aliphatic carbocycles. The molecule has 218 valence electrons. The summed E-state index contributed by atoms with van der Waals surface area (Å²) in [5.74, 6) is -0.654. The van der Waals surface area contributed by atoms with Crippen LogP contribution in [0.3, 0.4) is 0 Å². The number of carbonyl (C=O) groups excluding carboxylic acids is 1. The average Bonchev–Trinajstić information content (AvgIpc) is 2.82. The topological polar surface area (TPSA) is 157 Å². The zero-order chi connectivity index (χ0) is 30.3.